The third kappa shape index (κ3) is 5.11. The van der Waals surface area contributed by atoms with E-state index in [0.717, 1.165) is 55.6 Å². The fraction of sp³-hybridized carbons (Fsp3) is 0. The highest BCUT2D eigenvalue weighted by Crippen LogP contribution is 2.52. The number of hydrogen-bond donors (Lipinski definition) is 0. The summed E-state index contributed by atoms with van der Waals surface area (Å²) in [7, 11) is 0. The van der Waals surface area contributed by atoms with Crippen LogP contribution < -0.4 is 43.0 Å². The standard InChI is InChI=1S/C52H32B2N2O2S2/c1-7-19-43-37(13-1)49-51(57-43)54(34-27-31-36(32-28-34)56-41-17-5-11-23-47(41)60-48-24-12-6-18-42(48)56)50-38-14-2-8-20-44(38)58-52(50)53(49)33-25-29-35(30-26-33)55-39-15-3-9-21-45(39)59-46-22-10-4-16-40(46)55/h1-32H. The van der Waals surface area contributed by atoms with Crippen molar-refractivity contribution in [1.82, 2.24) is 0 Å². The number of para-hydroxylation sites is 6. The molecule has 0 saturated carbocycles. The van der Waals surface area contributed by atoms with Crippen molar-refractivity contribution in [3.8, 4) is 0 Å². The van der Waals surface area contributed by atoms with Gasteiger partial charge in [0.25, 0.3) is 13.4 Å². The van der Waals surface area contributed by atoms with Gasteiger partial charge in [0.05, 0.1) is 34.1 Å². The van der Waals surface area contributed by atoms with Crippen LogP contribution in [-0.2, 0) is 0 Å². The molecule has 13 rings (SSSR count). The number of nitrogens with zero attached hydrogens (tertiary/aromatic N) is 2. The molecule has 3 aliphatic rings. The van der Waals surface area contributed by atoms with E-state index < -0.39 is 0 Å². The van der Waals surface area contributed by atoms with Crippen molar-refractivity contribution in [1.29, 1.82) is 0 Å². The summed E-state index contributed by atoms with van der Waals surface area (Å²) in [5, 5.41) is 2.23. The van der Waals surface area contributed by atoms with Crippen molar-refractivity contribution < 1.29 is 8.83 Å². The van der Waals surface area contributed by atoms with Gasteiger partial charge >= 0.3 is 0 Å². The van der Waals surface area contributed by atoms with Crippen LogP contribution in [0, 0.1) is 0 Å². The van der Waals surface area contributed by atoms with Gasteiger partial charge < -0.3 is 18.6 Å². The Morgan fingerprint density at radius 2 is 0.650 bits per heavy atom. The molecule has 0 bridgehead atoms. The van der Waals surface area contributed by atoms with Crippen LogP contribution >= 0.6 is 23.5 Å². The Kier molecular flexibility index (Phi) is 7.63. The number of benzene rings is 8. The van der Waals surface area contributed by atoms with E-state index in [2.05, 4.69) is 204 Å². The lowest BCUT2D eigenvalue weighted by Gasteiger charge is -2.33. The van der Waals surface area contributed by atoms with Crippen LogP contribution in [0.4, 0.5) is 34.1 Å². The molecule has 8 heteroatoms. The molecule has 0 saturated heterocycles. The minimum Gasteiger partial charge on any atom is -0.471 e. The SMILES string of the molecule is c1ccc2c(c1)Sc1ccccc1N2c1ccc(B2c3oc4ccccc4c3B(c3ccc(N4c5ccccc5Sc5ccccc54)cc3)c3oc4ccccc4c32)cc1. The molecule has 0 N–H and O–H groups in total. The van der Waals surface area contributed by atoms with Crippen LogP contribution in [0.25, 0.3) is 21.9 Å². The molecule has 3 aliphatic heterocycles. The van der Waals surface area contributed by atoms with Crippen molar-refractivity contribution in [2.75, 3.05) is 9.80 Å². The highest BCUT2D eigenvalue weighted by atomic mass is 32.2. The quantitative estimate of drug-likeness (QED) is 0.165. The summed E-state index contributed by atoms with van der Waals surface area (Å²) in [5.41, 5.74) is 15.4. The molecule has 0 amide bonds. The molecule has 5 heterocycles. The summed E-state index contributed by atoms with van der Waals surface area (Å²) >= 11 is 3.66. The average molecular weight is 803 g/mol. The highest BCUT2D eigenvalue weighted by molar-refractivity contribution is 8.00. The fourth-order valence-corrected chi connectivity index (χ4v) is 11.8. The fourth-order valence-electron chi connectivity index (χ4n) is 9.69. The first-order valence-electron chi connectivity index (χ1n) is 20.3. The van der Waals surface area contributed by atoms with Gasteiger partial charge in [-0.05, 0) is 95.9 Å². The predicted molar refractivity (Wildman–Crippen MR) is 252 cm³/mol. The van der Waals surface area contributed by atoms with Crippen molar-refractivity contribution in [2.24, 2.45) is 0 Å². The molecule has 280 valence electrons. The van der Waals surface area contributed by atoms with E-state index in [4.69, 9.17) is 8.83 Å². The molecule has 4 nitrogen and oxygen atoms in total. The Morgan fingerprint density at radius 1 is 0.333 bits per heavy atom. The maximum atomic E-state index is 7.06. The van der Waals surface area contributed by atoms with Crippen LogP contribution in [0.3, 0.4) is 0 Å². The number of furan rings is 2. The predicted octanol–water partition coefficient (Wildman–Crippen LogP) is 10.4. The van der Waals surface area contributed by atoms with Crippen LogP contribution in [0.5, 0.6) is 0 Å². The maximum Gasteiger partial charge on any atom is 0.290 e. The van der Waals surface area contributed by atoms with Gasteiger partial charge in [-0.15, -0.1) is 0 Å². The summed E-state index contributed by atoms with van der Waals surface area (Å²) in [4.78, 5) is 9.76. The van der Waals surface area contributed by atoms with E-state index in [1.807, 2.05) is 23.5 Å². The summed E-state index contributed by atoms with van der Waals surface area (Å²) in [6.45, 7) is -0.350. The summed E-state index contributed by atoms with van der Waals surface area (Å²) in [6.07, 6.45) is 0. The Hall–Kier alpha value is -6.73. The van der Waals surface area contributed by atoms with E-state index in [0.29, 0.717) is 0 Å². The summed E-state index contributed by atoms with van der Waals surface area (Å²) in [6, 6.07) is 69.9. The Labute approximate surface area is 356 Å². The lowest BCUT2D eigenvalue weighted by molar-refractivity contribution is 0.647. The van der Waals surface area contributed by atoms with Crippen molar-refractivity contribution in [3.05, 3.63) is 194 Å². The maximum absolute atomic E-state index is 7.06. The lowest BCUT2D eigenvalue weighted by atomic mass is 9.24. The van der Waals surface area contributed by atoms with Crippen LogP contribution in [0.1, 0.15) is 0 Å². The van der Waals surface area contributed by atoms with E-state index in [-0.39, 0.29) is 13.4 Å². The molecular weight excluding hydrogens is 770 g/mol. The molecule has 60 heavy (non-hydrogen) atoms. The zero-order valence-electron chi connectivity index (χ0n) is 32.2. The molecule has 2 aromatic heterocycles. The second kappa shape index (κ2) is 13.4. The second-order valence-corrected chi connectivity index (χ2v) is 17.7. The van der Waals surface area contributed by atoms with Crippen LogP contribution in [-0.4, -0.2) is 13.4 Å². The molecule has 0 atom stereocenters. The molecule has 0 radical (unpaired) electrons. The largest absolute Gasteiger partial charge is 0.471 e. The van der Waals surface area contributed by atoms with E-state index in [1.165, 1.54) is 53.3 Å². The topological polar surface area (TPSA) is 32.8 Å². The molecule has 10 aromatic rings. The van der Waals surface area contributed by atoms with E-state index in [9.17, 15) is 0 Å². The van der Waals surface area contributed by atoms with Crippen LogP contribution in [0.2, 0.25) is 0 Å². The van der Waals surface area contributed by atoms with Crippen molar-refractivity contribution >= 4 is 126 Å². The van der Waals surface area contributed by atoms with Gasteiger partial charge in [-0.1, -0.05) is 144 Å². The molecule has 8 aromatic carbocycles. The smallest absolute Gasteiger partial charge is 0.290 e. The Bertz CT molecular complexity index is 3010. The molecule has 0 fully saturated rings. The van der Waals surface area contributed by atoms with Gasteiger partial charge in [0.15, 0.2) is 0 Å². The summed E-state index contributed by atoms with van der Waals surface area (Å²) < 4.78 is 14.1. The number of rotatable bonds is 4. The zero-order chi connectivity index (χ0) is 39.3. The van der Waals surface area contributed by atoms with Gasteiger partial charge in [-0.25, -0.2) is 0 Å². The second-order valence-electron chi connectivity index (χ2n) is 15.5. The van der Waals surface area contributed by atoms with Crippen LogP contribution in [0.15, 0.2) is 223 Å². The minimum atomic E-state index is -0.175. The Morgan fingerprint density at radius 3 is 1.02 bits per heavy atom. The normalized spacial score (nSPS) is 13.7. The molecule has 0 aliphatic carbocycles. The third-order valence-electron chi connectivity index (χ3n) is 12.3. The highest BCUT2D eigenvalue weighted by Gasteiger charge is 2.46. The Balaban J connectivity index is 0.967. The van der Waals surface area contributed by atoms with Crippen molar-refractivity contribution in [2.45, 2.75) is 19.6 Å². The number of fused-ring (bicyclic) bond motifs is 10. The van der Waals surface area contributed by atoms with E-state index >= 15 is 0 Å². The van der Waals surface area contributed by atoms with Gasteiger partial charge in [-0.2, -0.15) is 0 Å². The molecular formula is C52H32B2N2O2S2. The van der Waals surface area contributed by atoms with Crippen molar-refractivity contribution in [3.63, 3.8) is 0 Å². The monoisotopic (exact) mass is 802 g/mol. The van der Waals surface area contributed by atoms with E-state index in [1.54, 1.807) is 0 Å². The summed E-state index contributed by atoms with van der Waals surface area (Å²) in [5.74, 6) is 0. The van der Waals surface area contributed by atoms with Gasteiger partial charge in [0.1, 0.15) is 11.2 Å². The van der Waals surface area contributed by atoms with Gasteiger partial charge in [0.2, 0.25) is 0 Å². The first-order valence-corrected chi connectivity index (χ1v) is 21.9. The first-order chi connectivity index (χ1) is 29.8. The minimum absolute atomic E-state index is 0.175. The van der Waals surface area contributed by atoms with Gasteiger partial charge in [-0.3, -0.25) is 0 Å². The third-order valence-corrected chi connectivity index (χ3v) is 14.5. The number of anilines is 6. The zero-order valence-corrected chi connectivity index (χ0v) is 33.8. The van der Waals surface area contributed by atoms with Gasteiger partial charge in [0, 0.05) is 41.7 Å². The molecule has 0 spiro atoms. The molecule has 0 unspecified atom stereocenters. The number of hydrogen-bond acceptors (Lipinski definition) is 6. The first kappa shape index (κ1) is 34.2. The average Bonchev–Trinajstić information content (AvgIpc) is 3.88. The lowest BCUT2D eigenvalue weighted by Crippen LogP contribution is -2.73.